The van der Waals surface area contributed by atoms with Crippen molar-refractivity contribution in [2.75, 3.05) is 0 Å². The highest BCUT2D eigenvalue weighted by atomic mass is 32.1. The summed E-state index contributed by atoms with van der Waals surface area (Å²) in [6.07, 6.45) is 6.08. The van der Waals surface area contributed by atoms with Gasteiger partial charge in [-0.05, 0) is 42.2 Å². The predicted octanol–water partition coefficient (Wildman–Crippen LogP) is 4.23. The van der Waals surface area contributed by atoms with Crippen LogP contribution < -0.4 is 10.6 Å². The third-order valence-corrected chi connectivity index (χ3v) is 5.44. The Labute approximate surface area is 126 Å². The third-order valence-electron chi connectivity index (χ3n) is 4.50. The standard InChI is InChI=1S/C19H14NS/c1-2-6-13-10-18-15(9-12(13)5-1)19-16(11-21-18)14-7-3-4-8-17(14)20-19/h3-5,7-11H,1-2,6H2/q+1. The fraction of sp³-hybridized carbons (Fsp3) is 0.158. The summed E-state index contributed by atoms with van der Waals surface area (Å²) >= 11 is 1.84. The van der Waals surface area contributed by atoms with Gasteiger partial charge in [-0.1, -0.05) is 24.3 Å². The van der Waals surface area contributed by atoms with Gasteiger partial charge in [-0.2, -0.15) is 0 Å². The van der Waals surface area contributed by atoms with Gasteiger partial charge >= 0.3 is 0 Å². The maximum atomic E-state index is 4.89. The van der Waals surface area contributed by atoms with E-state index >= 15 is 0 Å². The molecule has 21 heavy (non-hydrogen) atoms. The van der Waals surface area contributed by atoms with Crippen molar-refractivity contribution in [1.29, 1.82) is 0 Å². The number of fused-ring (bicyclic) bond motifs is 6. The largest absolute Gasteiger partial charge is 0.247 e. The van der Waals surface area contributed by atoms with Gasteiger partial charge in [0.1, 0.15) is 0 Å². The van der Waals surface area contributed by atoms with Gasteiger partial charge in [0.25, 0.3) is 0 Å². The van der Waals surface area contributed by atoms with E-state index in [1.807, 2.05) is 11.3 Å². The Kier molecular flexibility index (Phi) is 2.33. The van der Waals surface area contributed by atoms with Crippen molar-refractivity contribution in [3.8, 4) is 11.1 Å². The maximum Gasteiger partial charge on any atom is 0.240 e. The van der Waals surface area contributed by atoms with Crippen molar-refractivity contribution in [3.63, 3.8) is 0 Å². The van der Waals surface area contributed by atoms with E-state index < -0.39 is 0 Å². The van der Waals surface area contributed by atoms with Gasteiger partial charge in [-0.25, -0.2) is 4.99 Å². The lowest BCUT2D eigenvalue weighted by molar-refractivity contribution is 0.838. The van der Waals surface area contributed by atoms with Gasteiger partial charge < -0.3 is 0 Å². The van der Waals surface area contributed by atoms with Crippen molar-refractivity contribution in [1.82, 2.24) is 0 Å². The van der Waals surface area contributed by atoms with Gasteiger partial charge in [0.2, 0.25) is 21.4 Å². The molecule has 1 aromatic heterocycles. The van der Waals surface area contributed by atoms with Crippen molar-refractivity contribution in [3.05, 3.63) is 57.9 Å². The molecule has 0 bridgehead atoms. The molecule has 3 aromatic rings. The molecular weight excluding hydrogens is 274 g/mol. The molecule has 0 atom stereocenters. The topological polar surface area (TPSA) is 12.4 Å². The summed E-state index contributed by atoms with van der Waals surface area (Å²) < 4.78 is 1.36. The number of para-hydroxylation sites is 1. The minimum absolute atomic E-state index is 1.11. The van der Waals surface area contributed by atoms with Crippen LogP contribution in [0.15, 0.2) is 46.8 Å². The lowest BCUT2D eigenvalue weighted by atomic mass is 9.98. The molecule has 0 amide bonds. The van der Waals surface area contributed by atoms with E-state index in [2.05, 4.69) is 47.9 Å². The molecule has 2 heterocycles. The summed E-state index contributed by atoms with van der Waals surface area (Å²) in [6, 6.07) is 13.2. The number of benzene rings is 2. The smallest absolute Gasteiger partial charge is 0.240 e. The van der Waals surface area contributed by atoms with Gasteiger partial charge in [-0.15, -0.1) is 0 Å². The van der Waals surface area contributed by atoms with E-state index in [4.69, 9.17) is 4.99 Å². The van der Waals surface area contributed by atoms with E-state index in [1.165, 1.54) is 51.3 Å². The summed E-state index contributed by atoms with van der Waals surface area (Å²) in [5.41, 5.74) is 5.17. The zero-order valence-electron chi connectivity index (χ0n) is 11.6. The number of rotatable bonds is 0. The van der Waals surface area contributed by atoms with Crippen molar-refractivity contribution < 1.29 is 0 Å². The van der Waals surface area contributed by atoms with Gasteiger partial charge in [0.05, 0.1) is 22.0 Å². The van der Waals surface area contributed by atoms with Crippen LogP contribution >= 0.6 is 11.3 Å². The molecule has 0 unspecified atom stereocenters. The van der Waals surface area contributed by atoms with E-state index in [1.54, 1.807) is 0 Å². The number of nitrogens with zero attached hydrogens (tertiary/aromatic N) is 1. The quantitative estimate of drug-likeness (QED) is 0.429. The summed E-state index contributed by atoms with van der Waals surface area (Å²) in [5.74, 6) is 0. The summed E-state index contributed by atoms with van der Waals surface area (Å²) in [5, 5.41) is 6.16. The van der Waals surface area contributed by atoms with E-state index in [9.17, 15) is 0 Å². The Morgan fingerprint density at radius 3 is 3.00 bits per heavy atom. The summed E-state index contributed by atoms with van der Waals surface area (Å²) in [4.78, 5) is 4.89. The second-order valence-electron chi connectivity index (χ2n) is 5.77. The Bertz CT molecular complexity index is 1020. The number of hydrogen-bond donors (Lipinski definition) is 0. The zero-order valence-corrected chi connectivity index (χ0v) is 12.4. The molecule has 100 valence electrons. The lowest BCUT2D eigenvalue weighted by Crippen LogP contribution is -2.15. The molecule has 2 heteroatoms. The second kappa shape index (κ2) is 4.22. The molecule has 1 nitrogen and oxygen atoms in total. The minimum atomic E-state index is 1.11. The van der Waals surface area contributed by atoms with Crippen LogP contribution in [-0.4, -0.2) is 0 Å². The highest BCUT2D eigenvalue weighted by Gasteiger charge is 2.21. The molecule has 0 N–H and O–H groups in total. The van der Waals surface area contributed by atoms with Crippen LogP contribution in [0.1, 0.15) is 18.4 Å². The summed E-state index contributed by atoms with van der Waals surface area (Å²) in [6.45, 7) is 0. The molecule has 2 aliphatic rings. The van der Waals surface area contributed by atoms with Crippen LogP contribution in [0.2, 0.25) is 0 Å². The fourth-order valence-electron chi connectivity index (χ4n) is 3.43. The highest BCUT2D eigenvalue weighted by molar-refractivity contribution is 7.16. The van der Waals surface area contributed by atoms with E-state index in [0.717, 1.165) is 11.0 Å². The van der Waals surface area contributed by atoms with Crippen LogP contribution in [0, 0.1) is 0 Å². The van der Waals surface area contributed by atoms with Crippen LogP contribution in [0.3, 0.4) is 0 Å². The molecule has 0 spiro atoms. The van der Waals surface area contributed by atoms with Crippen LogP contribution in [0.5, 0.6) is 0 Å². The van der Waals surface area contributed by atoms with Gasteiger partial charge in [0, 0.05) is 11.6 Å². The first kappa shape index (κ1) is 11.6. The lowest BCUT2D eigenvalue weighted by Gasteiger charge is -2.07. The van der Waals surface area contributed by atoms with Crippen LogP contribution in [0.25, 0.3) is 27.3 Å². The third kappa shape index (κ3) is 1.63. The molecule has 1 aliphatic carbocycles. The van der Waals surface area contributed by atoms with Gasteiger partial charge in [0.15, 0.2) is 0 Å². The SMILES string of the molecule is C1=c2cc3c4c(c[s+]c3cc2CCC1)-c1ccccc1N=4. The van der Waals surface area contributed by atoms with E-state index in [-0.39, 0.29) is 0 Å². The Morgan fingerprint density at radius 1 is 1.05 bits per heavy atom. The van der Waals surface area contributed by atoms with Gasteiger partial charge in [-0.3, -0.25) is 0 Å². The Balaban J connectivity index is 1.92. The average molecular weight is 288 g/mol. The molecule has 0 saturated carbocycles. The maximum absolute atomic E-state index is 4.89. The Morgan fingerprint density at radius 2 is 2.00 bits per heavy atom. The first-order chi connectivity index (χ1) is 10.4. The van der Waals surface area contributed by atoms with Crippen molar-refractivity contribution >= 4 is 33.2 Å². The summed E-state index contributed by atoms with van der Waals surface area (Å²) in [7, 11) is 0. The minimum Gasteiger partial charge on any atom is -0.247 e. The molecule has 1 aliphatic heterocycles. The molecule has 0 radical (unpaired) electrons. The fourth-order valence-corrected chi connectivity index (χ4v) is 4.41. The predicted molar refractivity (Wildman–Crippen MR) is 89.5 cm³/mol. The second-order valence-corrected chi connectivity index (χ2v) is 6.68. The molecule has 2 aromatic carbocycles. The Hall–Kier alpha value is -2.06. The molecular formula is C19H14NS+. The first-order valence-corrected chi connectivity index (χ1v) is 8.34. The molecule has 0 saturated heterocycles. The number of hydrogen-bond acceptors (Lipinski definition) is 1. The first-order valence-electron chi connectivity index (χ1n) is 7.46. The highest BCUT2D eigenvalue weighted by Crippen LogP contribution is 2.35. The van der Waals surface area contributed by atoms with Crippen LogP contribution in [0.4, 0.5) is 5.69 Å². The molecule has 0 fully saturated rings. The van der Waals surface area contributed by atoms with Crippen molar-refractivity contribution in [2.24, 2.45) is 4.99 Å². The average Bonchev–Trinajstić information content (AvgIpc) is 2.92. The normalized spacial score (nSPS) is 14.9. The monoisotopic (exact) mass is 288 g/mol. The van der Waals surface area contributed by atoms with Crippen molar-refractivity contribution in [2.45, 2.75) is 19.3 Å². The van der Waals surface area contributed by atoms with Crippen LogP contribution in [-0.2, 0) is 6.42 Å². The van der Waals surface area contributed by atoms with E-state index in [0.29, 0.717) is 0 Å². The molecule has 5 rings (SSSR count). The zero-order chi connectivity index (χ0) is 13.8. The number of aryl methyl sites for hydroxylation is 1.